The average molecular weight is 457 g/mol. The van der Waals surface area contributed by atoms with Crippen LogP contribution in [0.3, 0.4) is 0 Å². The molecule has 0 bridgehead atoms. The molecule has 2 aromatic carbocycles. The second-order valence-corrected chi connectivity index (χ2v) is 15.1. The van der Waals surface area contributed by atoms with E-state index in [9.17, 15) is 4.79 Å². The fourth-order valence-electron chi connectivity index (χ4n) is 3.30. The molecule has 0 radical (unpaired) electrons. The van der Waals surface area contributed by atoms with Crippen molar-refractivity contribution in [1.82, 2.24) is 0 Å². The van der Waals surface area contributed by atoms with Gasteiger partial charge >= 0.3 is 5.97 Å². The zero-order valence-electron chi connectivity index (χ0n) is 20.3. The van der Waals surface area contributed by atoms with Crippen molar-refractivity contribution in [1.29, 1.82) is 0 Å². The van der Waals surface area contributed by atoms with E-state index >= 15 is 0 Å². The number of carbonyl (C=O) groups is 1. The van der Waals surface area contributed by atoms with Crippen molar-refractivity contribution in [2.45, 2.75) is 77.6 Å². The minimum atomic E-state index is -0.964. The zero-order valence-corrected chi connectivity index (χ0v) is 21.3. The van der Waals surface area contributed by atoms with Crippen molar-refractivity contribution in [2.24, 2.45) is 0 Å². The molecule has 32 heavy (non-hydrogen) atoms. The fraction of sp³-hybridized carbons (Fsp3) is 0.519. The van der Waals surface area contributed by atoms with E-state index < -0.39 is 8.07 Å². The first kappa shape index (κ1) is 26.0. The quantitative estimate of drug-likeness (QED) is 0.119. The zero-order chi connectivity index (χ0) is 23.2. The van der Waals surface area contributed by atoms with Crippen LogP contribution in [0.4, 0.5) is 0 Å². The first-order chi connectivity index (χ1) is 15.4. The molecule has 0 atom stereocenters. The van der Waals surface area contributed by atoms with E-state index in [-0.39, 0.29) is 5.97 Å². The summed E-state index contributed by atoms with van der Waals surface area (Å²) >= 11 is 0. The highest BCUT2D eigenvalue weighted by Crippen LogP contribution is 2.21. The van der Waals surface area contributed by atoms with E-state index in [0.29, 0.717) is 17.9 Å². The van der Waals surface area contributed by atoms with Crippen LogP contribution in [0.25, 0.3) is 0 Å². The van der Waals surface area contributed by atoms with Gasteiger partial charge in [0.1, 0.15) is 17.2 Å². The lowest BCUT2D eigenvalue weighted by Gasteiger charge is -2.15. The normalized spacial score (nSPS) is 11.2. The third-order valence-electron chi connectivity index (χ3n) is 5.23. The Morgan fingerprint density at radius 2 is 1.19 bits per heavy atom. The smallest absolute Gasteiger partial charge is 0.343 e. The number of ether oxygens (including phenoxy) is 3. The molecule has 2 rings (SSSR count). The number of benzene rings is 2. The van der Waals surface area contributed by atoms with Gasteiger partial charge in [0.2, 0.25) is 0 Å². The topological polar surface area (TPSA) is 44.8 Å². The summed E-state index contributed by atoms with van der Waals surface area (Å²) in [5.74, 6) is 1.71. The molecule has 2 aromatic rings. The number of rotatable bonds is 15. The van der Waals surface area contributed by atoms with Crippen LogP contribution < -0.4 is 14.2 Å². The average Bonchev–Trinajstić information content (AvgIpc) is 2.76. The molecular weight excluding hydrogens is 416 g/mol. The number of esters is 1. The lowest BCUT2D eigenvalue weighted by Crippen LogP contribution is -2.18. The maximum Gasteiger partial charge on any atom is 0.343 e. The molecule has 5 heteroatoms. The van der Waals surface area contributed by atoms with Crippen molar-refractivity contribution in [3.05, 3.63) is 54.1 Å². The van der Waals surface area contributed by atoms with E-state index in [0.717, 1.165) is 30.9 Å². The van der Waals surface area contributed by atoms with Gasteiger partial charge in [-0.3, -0.25) is 0 Å². The maximum atomic E-state index is 12.4. The van der Waals surface area contributed by atoms with Crippen molar-refractivity contribution in [2.75, 3.05) is 13.2 Å². The van der Waals surface area contributed by atoms with E-state index in [1.807, 2.05) is 24.3 Å². The molecule has 0 heterocycles. The molecule has 0 saturated heterocycles. The minimum absolute atomic E-state index is 0.379. The molecule has 0 aliphatic rings. The third kappa shape index (κ3) is 10.8. The number of carbonyl (C=O) groups excluding carboxylic acids is 1. The van der Waals surface area contributed by atoms with Crippen LogP contribution in [0.15, 0.2) is 48.5 Å². The molecule has 4 nitrogen and oxygen atoms in total. The Balaban J connectivity index is 1.70. The van der Waals surface area contributed by atoms with Crippen LogP contribution in [0.2, 0.25) is 25.7 Å². The summed E-state index contributed by atoms with van der Waals surface area (Å²) in [7, 11) is -0.964. The van der Waals surface area contributed by atoms with Gasteiger partial charge in [-0.2, -0.15) is 0 Å². The molecule has 0 saturated carbocycles. The Labute approximate surface area is 195 Å². The number of hydrogen-bond donors (Lipinski definition) is 0. The largest absolute Gasteiger partial charge is 0.494 e. The summed E-state index contributed by atoms with van der Waals surface area (Å²) in [6.07, 6.45) is 8.33. The SMILES string of the molecule is CCCCCCCOc1ccc(C(=O)Oc2ccc(OCCCC[Si](C)(C)C)cc2)cc1. The first-order valence-corrected chi connectivity index (χ1v) is 15.8. The monoisotopic (exact) mass is 456 g/mol. The predicted molar refractivity (Wildman–Crippen MR) is 135 cm³/mol. The van der Waals surface area contributed by atoms with E-state index in [1.165, 1.54) is 38.1 Å². The summed E-state index contributed by atoms with van der Waals surface area (Å²) in [5.41, 5.74) is 0.503. The Kier molecular flexibility index (Phi) is 11.4. The van der Waals surface area contributed by atoms with E-state index in [4.69, 9.17) is 14.2 Å². The summed E-state index contributed by atoms with van der Waals surface area (Å²) in [6.45, 7) is 10.8. The second-order valence-electron chi connectivity index (χ2n) is 9.51. The predicted octanol–water partition coefficient (Wildman–Crippen LogP) is 7.75. The Hall–Kier alpha value is -2.27. The van der Waals surface area contributed by atoms with Gasteiger partial charge in [-0.25, -0.2) is 4.79 Å². The lowest BCUT2D eigenvalue weighted by atomic mass is 10.2. The maximum absolute atomic E-state index is 12.4. The molecule has 0 aliphatic carbocycles. The molecular formula is C27H40O4Si. The number of hydrogen-bond acceptors (Lipinski definition) is 4. The minimum Gasteiger partial charge on any atom is -0.494 e. The lowest BCUT2D eigenvalue weighted by molar-refractivity contribution is 0.0734. The summed E-state index contributed by atoms with van der Waals surface area (Å²) in [6, 6.07) is 15.7. The molecule has 0 N–H and O–H groups in total. The van der Waals surface area contributed by atoms with Crippen LogP contribution in [0.5, 0.6) is 17.2 Å². The van der Waals surface area contributed by atoms with Gasteiger partial charge in [-0.1, -0.05) is 64.7 Å². The van der Waals surface area contributed by atoms with Gasteiger partial charge in [-0.15, -0.1) is 0 Å². The van der Waals surface area contributed by atoms with Gasteiger partial charge in [0, 0.05) is 8.07 Å². The molecule has 0 fully saturated rings. The van der Waals surface area contributed by atoms with Gasteiger partial charge in [-0.05, 0) is 61.4 Å². The van der Waals surface area contributed by atoms with Crippen LogP contribution in [-0.4, -0.2) is 27.3 Å². The second kappa shape index (κ2) is 14.0. The molecule has 0 spiro atoms. The summed E-state index contributed by atoms with van der Waals surface area (Å²) in [4.78, 5) is 12.4. The van der Waals surface area contributed by atoms with Crippen molar-refractivity contribution >= 4 is 14.0 Å². The highest BCUT2D eigenvalue weighted by molar-refractivity contribution is 6.76. The number of unbranched alkanes of at least 4 members (excludes halogenated alkanes) is 5. The Morgan fingerprint density at radius 1 is 0.688 bits per heavy atom. The molecule has 0 aliphatic heterocycles. The van der Waals surface area contributed by atoms with Crippen molar-refractivity contribution < 1.29 is 19.0 Å². The molecule has 0 aromatic heterocycles. The first-order valence-electron chi connectivity index (χ1n) is 12.1. The van der Waals surface area contributed by atoms with Crippen LogP contribution in [0, 0.1) is 0 Å². The molecule has 0 amide bonds. The molecule has 0 unspecified atom stereocenters. The highest BCUT2D eigenvalue weighted by Gasteiger charge is 2.12. The van der Waals surface area contributed by atoms with Crippen LogP contribution in [-0.2, 0) is 0 Å². The van der Waals surface area contributed by atoms with Crippen LogP contribution in [0.1, 0.15) is 62.2 Å². The van der Waals surface area contributed by atoms with Gasteiger partial charge < -0.3 is 14.2 Å². The van der Waals surface area contributed by atoms with Crippen LogP contribution >= 0.6 is 0 Å². The Bertz CT molecular complexity index is 779. The summed E-state index contributed by atoms with van der Waals surface area (Å²) in [5, 5.41) is 0. The van der Waals surface area contributed by atoms with Gasteiger partial charge in [0.05, 0.1) is 18.8 Å². The van der Waals surface area contributed by atoms with Gasteiger partial charge in [0.15, 0.2) is 0 Å². The van der Waals surface area contributed by atoms with Gasteiger partial charge in [0.25, 0.3) is 0 Å². The Morgan fingerprint density at radius 3 is 1.75 bits per heavy atom. The third-order valence-corrected chi connectivity index (χ3v) is 7.08. The van der Waals surface area contributed by atoms with Crippen molar-refractivity contribution in [3.8, 4) is 17.2 Å². The fourth-order valence-corrected chi connectivity index (χ4v) is 4.61. The molecule has 176 valence electrons. The summed E-state index contributed by atoms with van der Waals surface area (Å²) < 4.78 is 17.0. The van der Waals surface area contributed by atoms with Crippen molar-refractivity contribution in [3.63, 3.8) is 0 Å². The standard InChI is InChI=1S/C27H40O4Si/c1-5-6-7-8-9-20-29-24-14-12-23(13-15-24)27(28)31-26-18-16-25(17-19-26)30-21-10-11-22-32(2,3)4/h12-19H,5-11,20-22H2,1-4H3. The van der Waals surface area contributed by atoms with E-state index in [2.05, 4.69) is 26.6 Å². The van der Waals surface area contributed by atoms with E-state index in [1.54, 1.807) is 24.3 Å². The highest BCUT2D eigenvalue weighted by atomic mass is 28.3.